The molecule has 198 valence electrons. The van der Waals surface area contributed by atoms with Crippen LogP contribution in [0.25, 0.3) is 61.2 Å². The summed E-state index contributed by atoms with van der Waals surface area (Å²) in [6.45, 7) is 0.780. The zero-order valence-electron chi connectivity index (χ0n) is 22.8. The molecule has 0 saturated heterocycles. The molecule has 0 bridgehead atoms. The third-order valence-electron chi connectivity index (χ3n) is 8.63. The molecular formula is C39H26N2O. The van der Waals surface area contributed by atoms with Crippen LogP contribution in [0.5, 0.6) is 0 Å². The van der Waals surface area contributed by atoms with Gasteiger partial charge >= 0.3 is 0 Å². The Balaban J connectivity index is 1.27. The van der Waals surface area contributed by atoms with Crippen molar-refractivity contribution in [2.45, 2.75) is 0 Å². The normalized spacial score (nSPS) is 12.8. The van der Waals surface area contributed by atoms with Gasteiger partial charge in [0.25, 0.3) is 0 Å². The van der Waals surface area contributed by atoms with E-state index in [0.29, 0.717) is 0 Å². The third kappa shape index (κ3) is 3.40. The van der Waals surface area contributed by atoms with Gasteiger partial charge in [0.2, 0.25) is 5.88 Å². The lowest BCUT2D eigenvalue weighted by molar-refractivity contribution is 0.628. The van der Waals surface area contributed by atoms with Crippen LogP contribution < -0.4 is 10.2 Å². The van der Waals surface area contributed by atoms with Gasteiger partial charge in [-0.05, 0) is 75.2 Å². The van der Waals surface area contributed by atoms with Crippen molar-refractivity contribution in [3.05, 3.63) is 139 Å². The van der Waals surface area contributed by atoms with Gasteiger partial charge < -0.3 is 14.6 Å². The molecule has 7 aromatic rings. The summed E-state index contributed by atoms with van der Waals surface area (Å²) in [5.74, 6) is 0.839. The number of anilines is 4. The molecule has 0 saturated carbocycles. The van der Waals surface area contributed by atoms with Crippen LogP contribution in [0.4, 0.5) is 22.9 Å². The van der Waals surface area contributed by atoms with Crippen molar-refractivity contribution in [3.8, 4) is 33.4 Å². The summed E-state index contributed by atoms with van der Waals surface area (Å²) in [5, 5.41) is 7.03. The quantitative estimate of drug-likeness (QED) is 0.242. The molecule has 1 N–H and O–H groups in total. The third-order valence-corrected chi connectivity index (χ3v) is 8.63. The Kier molecular flexibility index (Phi) is 4.96. The van der Waals surface area contributed by atoms with E-state index in [9.17, 15) is 0 Å². The molecule has 0 unspecified atom stereocenters. The molecule has 1 aliphatic heterocycles. The Morgan fingerprint density at radius 2 is 1.29 bits per heavy atom. The highest BCUT2D eigenvalue weighted by molar-refractivity contribution is 6.19. The van der Waals surface area contributed by atoms with Crippen molar-refractivity contribution in [2.24, 2.45) is 0 Å². The summed E-state index contributed by atoms with van der Waals surface area (Å²) < 4.78 is 6.17. The van der Waals surface area contributed by atoms with Crippen LogP contribution in [-0.2, 0) is 0 Å². The van der Waals surface area contributed by atoms with Gasteiger partial charge in [0.1, 0.15) is 5.58 Å². The summed E-state index contributed by atoms with van der Waals surface area (Å²) in [6, 6.07) is 46.0. The van der Waals surface area contributed by atoms with Crippen LogP contribution in [0, 0.1) is 0 Å². The largest absolute Gasteiger partial charge is 0.440 e. The van der Waals surface area contributed by atoms with Gasteiger partial charge in [0, 0.05) is 34.3 Å². The molecule has 0 amide bonds. The molecule has 0 atom stereocenters. The highest BCUT2D eigenvalue weighted by atomic mass is 16.3. The number of rotatable bonds is 4. The highest BCUT2D eigenvalue weighted by Gasteiger charge is 2.25. The maximum atomic E-state index is 6.17. The van der Waals surface area contributed by atoms with Crippen LogP contribution in [0.1, 0.15) is 5.56 Å². The van der Waals surface area contributed by atoms with E-state index in [1.807, 2.05) is 0 Å². The second-order valence-corrected chi connectivity index (χ2v) is 11.0. The van der Waals surface area contributed by atoms with Crippen LogP contribution in [0.3, 0.4) is 0 Å². The Hall–Kier alpha value is -5.54. The molecule has 2 aliphatic rings. The van der Waals surface area contributed by atoms with E-state index in [0.717, 1.165) is 46.0 Å². The number of benzene rings is 6. The first-order chi connectivity index (χ1) is 20.8. The fourth-order valence-corrected chi connectivity index (χ4v) is 6.72. The zero-order chi connectivity index (χ0) is 27.6. The van der Waals surface area contributed by atoms with Crippen LogP contribution in [0.15, 0.2) is 138 Å². The lowest BCUT2D eigenvalue weighted by atomic mass is 9.99. The molecule has 9 rings (SSSR count). The monoisotopic (exact) mass is 538 g/mol. The number of hydrogen-bond acceptors (Lipinski definition) is 3. The minimum absolute atomic E-state index is 0.780. The molecule has 1 aromatic heterocycles. The van der Waals surface area contributed by atoms with Crippen molar-refractivity contribution in [1.82, 2.24) is 0 Å². The van der Waals surface area contributed by atoms with Crippen molar-refractivity contribution >= 4 is 50.8 Å². The minimum atomic E-state index is 0.780. The summed E-state index contributed by atoms with van der Waals surface area (Å²) in [6.07, 6.45) is 4.31. The Bertz CT molecular complexity index is 2160. The van der Waals surface area contributed by atoms with Crippen LogP contribution in [-0.4, -0.2) is 6.54 Å². The molecular weight excluding hydrogens is 512 g/mol. The van der Waals surface area contributed by atoms with E-state index in [2.05, 4.69) is 150 Å². The van der Waals surface area contributed by atoms with Gasteiger partial charge in [-0.3, -0.25) is 0 Å². The smallest absolute Gasteiger partial charge is 0.201 e. The number of nitrogens with one attached hydrogen (secondary N) is 1. The van der Waals surface area contributed by atoms with Gasteiger partial charge in [-0.15, -0.1) is 0 Å². The summed E-state index contributed by atoms with van der Waals surface area (Å²) in [7, 11) is 0. The number of nitrogens with zero attached hydrogens (tertiary/aromatic N) is 1. The van der Waals surface area contributed by atoms with Crippen LogP contribution >= 0.6 is 0 Å². The second kappa shape index (κ2) is 8.98. The van der Waals surface area contributed by atoms with E-state index >= 15 is 0 Å². The highest BCUT2D eigenvalue weighted by Crippen LogP contribution is 2.51. The zero-order valence-corrected chi connectivity index (χ0v) is 22.8. The van der Waals surface area contributed by atoms with Crippen molar-refractivity contribution in [2.75, 3.05) is 16.8 Å². The van der Waals surface area contributed by atoms with Crippen molar-refractivity contribution < 1.29 is 4.42 Å². The average molecular weight is 539 g/mol. The lowest BCUT2D eigenvalue weighted by Crippen LogP contribution is -2.10. The van der Waals surface area contributed by atoms with Crippen LogP contribution in [0.2, 0.25) is 0 Å². The van der Waals surface area contributed by atoms with Gasteiger partial charge in [0.05, 0.1) is 5.69 Å². The van der Waals surface area contributed by atoms with E-state index in [1.165, 1.54) is 44.2 Å². The molecule has 3 heteroatoms. The maximum Gasteiger partial charge on any atom is 0.201 e. The first kappa shape index (κ1) is 23.2. The number of furan rings is 1. The van der Waals surface area contributed by atoms with E-state index in [-0.39, 0.29) is 0 Å². The van der Waals surface area contributed by atoms with Gasteiger partial charge in [-0.25, -0.2) is 0 Å². The van der Waals surface area contributed by atoms with Gasteiger partial charge in [-0.1, -0.05) is 103 Å². The van der Waals surface area contributed by atoms with Crippen molar-refractivity contribution in [1.29, 1.82) is 0 Å². The van der Waals surface area contributed by atoms with E-state index < -0.39 is 0 Å². The Labute approximate surface area is 244 Å². The molecule has 2 heterocycles. The average Bonchev–Trinajstić information content (AvgIpc) is 3.59. The first-order valence-electron chi connectivity index (χ1n) is 14.4. The molecule has 6 aromatic carbocycles. The number of hydrogen-bond donors (Lipinski definition) is 1. The Morgan fingerprint density at radius 3 is 2.12 bits per heavy atom. The maximum absolute atomic E-state index is 6.17. The van der Waals surface area contributed by atoms with E-state index in [4.69, 9.17) is 4.42 Å². The standard InChI is InChI=1S/C39H26N2O/c1-2-8-25(9-3-1)26-15-17-27(18-16-26)41(28-19-22-37-35(24-28)33-14-7-23-40-39(33)42-37)36-21-20-32-30-11-5-4-10-29(30)31-12-6-13-34(36)38(31)32/h1-22,24,40H,23H2. The minimum Gasteiger partial charge on any atom is -0.440 e. The molecule has 42 heavy (non-hydrogen) atoms. The lowest BCUT2D eigenvalue weighted by Gasteiger charge is -2.27. The predicted octanol–water partition coefficient (Wildman–Crippen LogP) is 10.8. The summed E-state index contributed by atoms with van der Waals surface area (Å²) >= 11 is 0. The summed E-state index contributed by atoms with van der Waals surface area (Å²) in [4.78, 5) is 2.39. The van der Waals surface area contributed by atoms with Gasteiger partial charge in [-0.2, -0.15) is 0 Å². The molecule has 0 fully saturated rings. The molecule has 0 radical (unpaired) electrons. The fourth-order valence-electron chi connectivity index (χ4n) is 6.72. The van der Waals surface area contributed by atoms with Gasteiger partial charge in [0.15, 0.2) is 0 Å². The molecule has 0 spiro atoms. The van der Waals surface area contributed by atoms with Crippen molar-refractivity contribution in [3.63, 3.8) is 0 Å². The Morgan fingerprint density at radius 1 is 0.571 bits per heavy atom. The topological polar surface area (TPSA) is 28.4 Å². The number of fused-ring (bicyclic) bond motifs is 6. The summed E-state index contributed by atoms with van der Waals surface area (Å²) in [5.41, 5.74) is 13.0. The second-order valence-electron chi connectivity index (χ2n) is 11.0. The molecule has 3 nitrogen and oxygen atoms in total. The fraction of sp³-hybridized carbons (Fsp3) is 0.0256. The van der Waals surface area contributed by atoms with E-state index in [1.54, 1.807) is 0 Å². The SMILES string of the molecule is C1=Cc2c(oc3ccc(N(c4ccc(-c5ccccc5)cc4)c4ccc5c6c(cccc46)-c4ccccc4-5)cc23)NC1. The predicted molar refractivity (Wildman–Crippen MR) is 176 cm³/mol. The molecule has 1 aliphatic carbocycles. The first-order valence-corrected chi connectivity index (χ1v) is 14.4.